The highest BCUT2D eigenvalue weighted by Crippen LogP contribution is 2.16. The van der Waals surface area contributed by atoms with Gasteiger partial charge in [-0.05, 0) is 44.6 Å². The monoisotopic (exact) mass is 243 g/mol. The molecule has 0 aromatic heterocycles. The Kier molecular flexibility index (Phi) is 9.77. The van der Waals surface area contributed by atoms with E-state index in [1.807, 2.05) is 6.92 Å². The number of nitrogens with zero attached hydrogens (tertiary/aromatic N) is 1. The van der Waals surface area contributed by atoms with Crippen molar-refractivity contribution in [3.05, 3.63) is 12.7 Å². The van der Waals surface area contributed by atoms with Crippen LogP contribution in [-0.2, 0) is 4.79 Å². The molecule has 0 aliphatic carbocycles. The molecule has 0 aromatic rings. The first-order valence-electron chi connectivity index (χ1n) is 6.32. The second kappa shape index (κ2) is 10.3. The third-order valence-corrected chi connectivity index (χ3v) is 2.98. The number of aliphatic hydroxyl groups excluding tert-OH is 2. The van der Waals surface area contributed by atoms with Crippen molar-refractivity contribution in [1.29, 1.82) is 0 Å². The van der Waals surface area contributed by atoms with E-state index in [1.54, 1.807) is 4.90 Å². The van der Waals surface area contributed by atoms with Crippen LogP contribution in [0.5, 0.6) is 0 Å². The SMILES string of the molecule is C=CC(=O)N(CC)CCC(CCO)CCCO. The Balaban J connectivity index is 4.06. The van der Waals surface area contributed by atoms with Gasteiger partial charge >= 0.3 is 0 Å². The summed E-state index contributed by atoms with van der Waals surface area (Å²) in [5.74, 6) is 0.330. The van der Waals surface area contributed by atoms with Crippen molar-refractivity contribution in [1.82, 2.24) is 4.90 Å². The molecule has 4 heteroatoms. The lowest BCUT2D eigenvalue weighted by molar-refractivity contribution is -0.126. The van der Waals surface area contributed by atoms with E-state index in [0.29, 0.717) is 19.0 Å². The molecule has 4 nitrogen and oxygen atoms in total. The molecule has 2 N–H and O–H groups in total. The average Bonchev–Trinajstić information content (AvgIpc) is 2.35. The molecule has 0 bridgehead atoms. The van der Waals surface area contributed by atoms with Crippen LogP contribution < -0.4 is 0 Å². The van der Waals surface area contributed by atoms with Crippen molar-refractivity contribution >= 4 is 5.91 Å². The molecule has 0 fully saturated rings. The Bertz CT molecular complexity index is 219. The minimum Gasteiger partial charge on any atom is -0.396 e. The van der Waals surface area contributed by atoms with Crippen LogP contribution in [-0.4, -0.2) is 47.3 Å². The molecule has 0 aliphatic rings. The quantitative estimate of drug-likeness (QED) is 0.566. The summed E-state index contributed by atoms with van der Waals surface area (Å²) >= 11 is 0. The van der Waals surface area contributed by atoms with Crippen LogP contribution in [0.1, 0.15) is 32.6 Å². The molecule has 1 atom stereocenters. The number of amides is 1. The summed E-state index contributed by atoms with van der Waals surface area (Å²) in [7, 11) is 0. The van der Waals surface area contributed by atoms with Gasteiger partial charge < -0.3 is 15.1 Å². The van der Waals surface area contributed by atoms with E-state index in [0.717, 1.165) is 25.7 Å². The fraction of sp³-hybridized carbons (Fsp3) is 0.769. The Morgan fingerprint density at radius 3 is 2.47 bits per heavy atom. The van der Waals surface area contributed by atoms with Crippen LogP contribution in [0.25, 0.3) is 0 Å². The molecule has 1 unspecified atom stereocenters. The van der Waals surface area contributed by atoms with E-state index >= 15 is 0 Å². The Hall–Kier alpha value is -0.870. The minimum atomic E-state index is -0.0441. The predicted octanol–water partition coefficient (Wildman–Crippen LogP) is 1.18. The summed E-state index contributed by atoms with van der Waals surface area (Å²) in [6.45, 7) is 7.14. The van der Waals surface area contributed by atoms with Crippen molar-refractivity contribution in [3.8, 4) is 0 Å². The maximum absolute atomic E-state index is 11.4. The number of carbonyl (C=O) groups excluding carboxylic acids is 1. The maximum atomic E-state index is 11.4. The summed E-state index contributed by atoms with van der Waals surface area (Å²) < 4.78 is 0. The van der Waals surface area contributed by atoms with Crippen LogP contribution in [0.2, 0.25) is 0 Å². The first-order valence-corrected chi connectivity index (χ1v) is 6.32. The fourth-order valence-electron chi connectivity index (χ4n) is 1.89. The molecule has 0 spiro atoms. The van der Waals surface area contributed by atoms with Crippen molar-refractivity contribution in [2.75, 3.05) is 26.3 Å². The van der Waals surface area contributed by atoms with Gasteiger partial charge in [0.1, 0.15) is 0 Å². The van der Waals surface area contributed by atoms with Crippen LogP contribution in [0.4, 0.5) is 0 Å². The van der Waals surface area contributed by atoms with Gasteiger partial charge in [0.05, 0.1) is 0 Å². The second-order valence-corrected chi connectivity index (χ2v) is 4.15. The fourth-order valence-corrected chi connectivity index (χ4v) is 1.89. The minimum absolute atomic E-state index is 0.0441. The summed E-state index contributed by atoms with van der Waals surface area (Å²) in [5, 5.41) is 17.7. The van der Waals surface area contributed by atoms with Gasteiger partial charge in [-0.2, -0.15) is 0 Å². The van der Waals surface area contributed by atoms with Crippen LogP contribution in [0, 0.1) is 5.92 Å². The van der Waals surface area contributed by atoms with E-state index in [4.69, 9.17) is 10.2 Å². The van der Waals surface area contributed by atoms with E-state index < -0.39 is 0 Å². The van der Waals surface area contributed by atoms with Crippen molar-refractivity contribution < 1.29 is 15.0 Å². The largest absolute Gasteiger partial charge is 0.396 e. The zero-order valence-electron chi connectivity index (χ0n) is 10.8. The maximum Gasteiger partial charge on any atom is 0.245 e. The van der Waals surface area contributed by atoms with E-state index in [1.165, 1.54) is 6.08 Å². The highest BCUT2D eigenvalue weighted by molar-refractivity contribution is 5.86. The molecule has 0 aromatic carbocycles. The first-order chi connectivity index (χ1) is 8.19. The van der Waals surface area contributed by atoms with E-state index in [9.17, 15) is 4.79 Å². The summed E-state index contributed by atoms with van der Waals surface area (Å²) in [5.41, 5.74) is 0. The topological polar surface area (TPSA) is 60.8 Å². The number of rotatable bonds is 10. The first kappa shape index (κ1) is 16.1. The van der Waals surface area contributed by atoms with Crippen molar-refractivity contribution in [3.63, 3.8) is 0 Å². The smallest absolute Gasteiger partial charge is 0.245 e. The molecule has 17 heavy (non-hydrogen) atoms. The van der Waals surface area contributed by atoms with Gasteiger partial charge in [0.15, 0.2) is 0 Å². The number of carbonyl (C=O) groups is 1. The Labute approximate surface area is 104 Å². The number of aliphatic hydroxyl groups is 2. The van der Waals surface area contributed by atoms with Crippen LogP contribution >= 0.6 is 0 Å². The Morgan fingerprint density at radius 1 is 1.29 bits per heavy atom. The third kappa shape index (κ3) is 7.13. The molecular formula is C13H25NO3. The van der Waals surface area contributed by atoms with Crippen molar-refractivity contribution in [2.24, 2.45) is 5.92 Å². The van der Waals surface area contributed by atoms with Gasteiger partial charge in [0.2, 0.25) is 5.91 Å². The average molecular weight is 243 g/mol. The highest BCUT2D eigenvalue weighted by atomic mass is 16.3. The van der Waals surface area contributed by atoms with Gasteiger partial charge in [0, 0.05) is 26.3 Å². The standard InChI is InChI=1S/C13H25NO3/c1-3-13(17)14(4-2)9-7-12(8-11-16)6-5-10-15/h3,12,15-16H,1,4-11H2,2H3. The normalized spacial score (nSPS) is 12.2. The molecule has 0 aliphatic heterocycles. The van der Waals surface area contributed by atoms with Gasteiger partial charge in [-0.3, -0.25) is 4.79 Å². The number of likely N-dealkylation sites (N-methyl/N-ethyl adjacent to an activating group) is 1. The van der Waals surface area contributed by atoms with Crippen LogP contribution in [0.3, 0.4) is 0 Å². The van der Waals surface area contributed by atoms with E-state index in [-0.39, 0.29) is 19.1 Å². The number of hydrogen-bond donors (Lipinski definition) is 2. The predicted molar refractivity (Wildman–Crippen MR) is 68.6 cm³/mol. The van der Waals surface area contributed by atoms with Gasteiger partial charge in [-0.15, -0.1) is 0 Å². The molecule has 0 radical (unpaired) electrons. The Morgan fingerprint density at radius 2 is 2.00 bits per heavy atom. The van der Waals surface area contributed by atoms with Crippen molar-refractivity contribution in [2.45, 2.75) is 32.6 Å². The highest BCUT2D eigenvalue weighted by Gasteiger charge is 2.12. The summed E-state index contributed by atoms with van der Waals surface area (Å²) in [6, 6.07) is 0. The van der Waals surface area contributed by atoms with Crippen LogP contribution in [0.15, 0.2) is 12.7 Å². The molecular weight excluding hydrogens is 218 g/mol. The second-order valence-electron chi connectivity index (χ2n) is 4.15. The molecule has 0 saturated heterocycles. The third-order valence-electron chi connectivity index (χ3n) is 2.98. The summed E-state index contributed by atoms with van der Waals surface area (Å²) in [6.07, 6.45) is 4.59. The zero-order valence-corrected chi connectivity index (χ0v) is 10.8. The molecule has 1 amide bonds. The molecule has 0 heterocycles. The lowest BCUT2D eigenvalue weighted by atomic mass is 9.96. The molecule has 0 saturated carbocycles. The van der Waals surface area contributed by atoms with Gasteiger partial charge in [0.25, 0.3) is 0 Å². The lowest BCUT2D eigenvalue weighted by Crippen LogP contribution is -2.31. The molecule has 0 rings (SSSR count). The number of hydrogen-bond acceptors (Lipinski definition) is 3. The van der Waals surface area contributed by atoms with E-state index in [2.05, 4.69) is 6.58 Å². The molecule has 100 valence electrons. The van der Waals surface area contributed by atoms with Gasteiger partial charge in [-0.1, -0.05) is 6.58 Å². The lowest BCUT2D eigenvalue weighted by Gasteiger charge is -2.22. The summed E-state index contributed by atoms with van der Waals surface area (Å²) in [4.78, 5) is 13.2. The zero-order chi connectivity index (χ0) is 13.1. The van der Waals surface area contributed by atoms with Gasteiger partial charge in [-0.25, -0.2) is 0 Å².